The van der Waals surface area contributed by atoms with Gasteiger partial charge in [0.05, 0.1) is 6.04 Å². The summed E-state index contributed by atoms with van der Waals surface area (Å²) in [4.78, 5) is 1.74. The van der Waals surface area contributed by atoms with Crippen LogP contribution in [-0.4, -0.2) is 37.8 Å². The van der Waals surface area contributed by atoms with Crippen LogP contribution in [0.5, 0.6) is 0 Å². The minimum atomic E-state index is -0.885. The summed E-state index contributed by atoms with van der Waals surface area (Å²) in [6.07, 6.45) is 0. The van der Waals surface area contributed by atoms with Crippen molar-refractivity contribution in [2.24, 2.45) is 0 Å². The van der Waals surface area contributed by atoms with Gasteiger partial charge in [0, 0.05) is 36.8 Å². The van der Waals surface area contributed by atoms with Gasteiger partial charge in [0.15, 0.2) is 0 Å². The first kappa shape index (κ1) is 13.6. The van der Waals surface area contributed by atoms with Gasteiger partial charge in [-0.25, -0.2) is 13.2 Å². The zero-order chi connectivity index (χ0) is 13.1. The number of halogens is 4. The second-order valence-corrected chi connectivity index (χ2v) is 4.68. The molecule has 1 aromatic rings. The van der Waals surface area contributed by atoms with Crippen molar-refractivity contribution < 1.29 is 13.2 Å². The molecule has 1 fully saturated rings. The first-order valence-electron chi connectivity index (χ1n) is 5.78. The fourth-order valence-electron chi connectivity index (χ4n) is 2.22. The Labute approximate surface area is 109 Å². The molecule has 0 amide bonds. The van der Waals surface area contributed by atoms with Crippen LogP contribution in [0, 0.1) is 11.6 Å². The SMILES string of the molecule is FC[C@@H](c1c(F)cc(Cl)cc1F)N1CCNCC1. The van der Waals surface area contributed by atoms with Gasteiger partial charge in [-0.1, -0.05) is 11.6 Å². The summed E-state index contributed by atoms with van der Waals surface area (Å²) in [6.45, 7) is 1.68. The lowest BCUT2D eigenvalue weighted by molar-refractivity contribution is 0.141. The Kier molecular flexibility index (Phi) is 4.48. The van der Waals surface area contributed by atoms with Gasteiger partial charge in [0.25, 0.3) is 0 Å². The summed E-state index contributed by atoms with van der Waals surface area (Å²) in [6, 6.07) is 1.15. The number of alkyl halides is 1. The van der Waals surface area contributed by atoms with Crippen molar-refractivity contribution in [2.45, 2.75) is 6.04 Å². The van der Waals surface area contributed by atoms with Gasteiger partial charge in [-0.2, -0.15) is 0 Å². The van der Waals surface area contributed by atoms with E-state index in [1.807, 2.05) is 0 Å². The Hall–Kier alpha value is -0.780. The van der Waals surface area contributed by atoms with Crippen molar-refractivity contribution in [1.82, 2.24) is 10.2 Å². The van der Waals surface area contributed by atoms with Crippen LogP contribution in [0.1, 0.15) is 11.6 Å². The number of hydrogen-bond acceptors (Lipinski definition) is 2. The van der Waals surface area contributed by atoms with Crippen molar-refractivity contribution in [3.05, 3.63) is 34.4 Å². The smallest absolute Gasteiger partial charge is 0.132 e. The highest BCUT2D eigenvalue weighted by molar-refractivity contribution is 6.30. The van der Waals surface area contributed by atoms with E-state index in [2.05, 4.69) is 5.32 Å². The fraction of sp³-hybridized carbons (Fsp3) is 0.500. The molecule has 0 radical (unpaired) electrons. The minimum absolute atomic E-state index is 0.0216. The van der Waals surface area contributed by atoms with E-state index < -0.39 is 24.4 Å². The lowest BCUT2D eigenvalue weighted by atomic mass is 10.0. The van der Waals surface area contributed by atoms with Gasteiger partial charge >= 0.3 is 0 Å². The first-order valence-corrected chi connectivity index (χ1v) is 6.16. The molecule has 1 saturated heterocycles. The predicted molar refractivity (Wildman–Crippen MR) is 64.5 cm³/mol. The summed E-state index contributed by atoms with van der Waals surface area (Å²) >= 11 is 5.56. The van der Waals surface area contributed by atoms with Crippen molar-refractivity contribution >= 4 is 11.6 Å². The van der Waals surface area contributed by atoms with Crippen molar-refractivity contribution in [3.63, 3.8) is 0 Å². The normalized spacial score (nSPS) is 18.9. The summed E-state index contributed by atoms with van der Waals surface area (Å²) in [5.41, 5.74) is -0.233. The third-order valence-corrected chi connectivity index (χ3v) is 3.33. The van der Waals surface area contributed by atoms with Crippen LogP contribution < -0.4 is 5.32 Å². The quantitative estimate of drug-likeness (QED) is 0.914. The number of nitrogens with zero attached hydrogens (tertiary/aromatic N) is 1. The van der Waals surface area contributed by atoms with Crippen LogP contribution in [0.2, 0.25) is 5.02 Å². The maximum absolute atomic E-state index is 13.8. The predicted octanol–water partition coefficient (Wildman–Crippen LogP) is 2.53. The highest BCUT2D eigenvalue weighted by Gasteiger charge is 2.27. The van der Waals surface area contributed by atoms with Crippen molar-refractivity contribution in [1.29, 1.82) is 0 Å². The average Bonchev–Trinajstić information content (AvgIpc) is 2.34. The molecule has 0 spiro atoms. The van der Waals surface area contributed by atoms with Crippen molar-refractivity contribution in [2.75, 3.05) is 32.9 Å². The molecular formula is C12H14ClF3N2. The van der Waals surface area contributed by atoms with E-state index in [1.165, 1.54) is 0 Å². The molecule has 1 N–H and O–H groups in total. The van der Waals surface area contributed by atoms with Crippen molar-refractivity contribution in [3.8, 4) is 0 Å². The van der Waals surface area contributed by atoms with Gasteiger partial charge in [0.1, 0.15) is 18.3 Å². The zero-order valence-electron chi connectivity index (χ0n) is 9.73. The van der Waals surface area contributed by atoms with Crippen LogP contribution in [0.15, 0.2) is 12.1 Å². The van der Waals surface area contributed by atoms with Gasteiger partial charge in [0.2, 0.25) is 0 Å². The Bertz CT molecular complexity index is 399. The van der Waals surface area contributed by atoms with Gasteiger partial charge in [-0.3, -0.25) is 4.90 Å². The van der Waals surface area contributed by atoms with Crippen LogP contribution in [-0.2, 0) is 0 Å². The molecule has 18 heavy (non-hydrogen) atoms. The number of nitrogens with one attached hydrogen (secondary N) is 1. The minimum Gasteiger partial charge on any atom is -0.314 e. The third kappa shape index (κ3) is 2.79. The number of hydrogen-bond donors (Lipinski definition) is 1. The molecule has 2 nitrogen and oxygen atoms in total. The molecule has 1 heterocycles. The molecule has 0 aliphatic carbocycles. The molecule has 0 aromatic heterocycles. The summed E-state index contributed by atoms with van der Waals surface area (Å²) in [5, 5.41) is 3.09. The average molecular weight is 279 g/mol. The molecule has 1 aromatic carbocycles. The maximum atomic E-state index is 13.8. The molecule has 2 rings (SSSR count). The Balaban J connectivity index is 2.32. The monoisotopic (exact) mass is 278 g/mol. The molecular weight excluding hydrogens is 265 g/mol. The standard InChI is InChI=1S/C12H14ClF3N2/c13-8-5-9(15)12(10(16)6-8)11(7-14)18-3-1-17-2-4-18/h5-6,11,17H,1-4,7H2/t11-/m0/s1. The Morgan fingerprint density at radius 2 is 1.78 bits per heavy atom. The maximum Gasteiger partial charge on any atom is 0.132 e. The third-order valence-electron chi connectivity index (χ3n) is 3.12. The topological polar surface area (TPSA) is 15.3 Å². The Morgan fingerprint density at radius 3 is 2.28 bits per heavy atom. The van der Waals surface area contributed by atoms with E-state index in [4.69, 9.17) is 11.6 Å². The number of rotatable bonds is 3. The largest absolute Gasteiger partial charge is 0.314 e. The molecule has 0 saturated carbocycles. The lowest BCUT2D eigenvalue weighted by Gasteiger charge is -2.33. The Morgan fingerprint density at radius 1 is 1.22 bits per heavy atom. The summed E-state index contributed by atoms with van der Waals surface area (Å²) in [5.74, 6) is -1.58. The zero-order valence-corrected chi connectivity index (χ0v) is 10.5. The first-order chi connectivity index (χ1) is 8.63. The highest BCUT2D eigenvalue weighted by atomic mass is 35.5. The highest BCUT2D eigenvalue weighted by Crippen LogP contribution is 2.29. The molecule has 1 aliphatic heterocycles. The van der Waals surface area contributed by atoms with E-state index in [1.54, 1.807) is 4.90 Å². The van der Waals surface area contributed by atoms with Crippen LogP contribution in [0.25, 0.3) is 0 Å². The molecule has 1 atom stereocenters. The summed E-state index contributed by atoms with van der Waals surface area (Å²) < 4.78 is 40.7. The fourth-order valence-corrected chi connectivity index (χ4v) is 2.41. The number of benzene rings is 1. The molecule has 0 unspecified atom stereocenters. The van der Waals surface area contributed by atoms with Gasteiger partial charge in [-0.05, 0) is 12.1 Å². The van der Waals surface area contributed by atoms with E-state index >= 15 is 0 Å². The van der Waals surface area contributed by atoms with E-state index in [-0.39, 0.29) is 10.6 Å². The molecule has 1 aliphatic rings. The van der Waals surface area contributed by atoms with E-state index in [0.717, 1.165) is 12.1 Å². The van der Waals surface area contributed by atoms with Crippen LogP contribution >= 0.6 is 11.6 Å². The molecule has 100 valence electrons. The molecule has 6 heteroatoms. The second-order valence-electron chi connectivity index (χ2n) is 4.24. The number of piperazine rings is 1. The van der Waals surface area contributed by atoms with Gasteiger partial charge in [-0.15, -0.1) is 0 Å². The van der Waals surface area contributed by atoms with E-state index in [0.29, 0.717) is 26.2 Å². The second kappa shape index (κ2) is 5.91. The van der Waals surface area contributed by atoms with Crippen LogP contribution in [0.4, 0.5) is 13.2 Å². The molecule has 0 bridgehead atoms. The van der Waals surface area contributed by atoms with Crippen LogP contribution in [0.3, 0.4) is 0 Å². The van der Waals surface area contributed by atoms with E-state index in [9.17, 15) is 13.2 Å². The summed E-state index contributed by atoms with van der Waals surface area (Å²) in [7, 11) is 0. The lowest BCUT2D eigenvalue weighted by Crippen LogP contribution is -2.46. The van der Waals surface area contributed by atoms with Gasteiger partial charge < -0.3 is 5.32 Å².